The SMILES string of the molecule is [Cl-].[NH3+]CCCCCNS(=O)(=O)c1ccc2c(Cl)cccc2c1. The highest BCUT2D eigenvalue weighted by Crippen LogP contribution is 2.25. The molecule has 2 rings (SSSR count). The van der Waals surface area contributed by atoms with Crippen LogP contribution in [0.25, 0.3) is 10.8 Å². The zero-order valence-electron chi connectivity index (χ0n) is 12.2. The van der Waals surface area contributed by atoms with Gasteiger partial charge >= 0.3 is 0 Å². The molecule has 0 bridgehead atoms. The third kappa shape index (κ3) is 4.83. The number of nitrogens with one attached hydrogen (secondary N) is 1. The maximum absolute atomic E-state index is 12.2. The Morgan fingerprint density at radius 1 is 1.09 bits per heavy atom. The van der Waals surface area contributed by atoms with Gasteiger partial charge in [-0.3, -0.25) is 0 Å². The molecule has 0 spiro atoms. The van der Waals surface area contributed by atoms with Gasteiger partial charge in [0.05, 0.1) is 11.4 Å². The van der Waals surface area contributed by atoms with Crippen molar-refractivity contribution < 1.29 is 26.6 Å². The van der Waals surface area contributed by atoms with Crippen molar-refractivity contribution in [2.75, 3.05) is 13.1 Å². The fraction of sp³-hybridized carbons (Fsp3) is 0.333. The molecule has 22 heavy (non-hydrogen) atoms. The van der Waals surface area contributed by atoms with Crippen LogP contribution in [0.4, 0.5) is 0 Å². The molecule has 0 radical (unpaired) electrons. The van der Waals surface area contributed by atoms with Gasteiger partial charge in [0.1, 0.15) is 0 Å². The van der Waals surface area contributed by atoms with Crippen LogP contribution in [0.1, 0.15) is 19.3 Å². The minimum atomic E-state index is -3.46. The predicted molar refractivity (Wildman–Crippen MR) is 85.8 cm³/mol. The van der Waals surface area contributed by atoms with Gasteiger partial charge < -0.3 is 18.1 Å². The molecular formula is C15H20Cl2N2O2S. The molecule has 0 aliphatic heterocycles. The number of unbranched alkanes of at least 4 members (excludes halogenated alkanes) is 2. The number of rotatable bonds is 7. The summed E-state index contributed by atoms with van der Waals surface area (Å²) in [6, 6.07) is 10.4. The van der Waals surface area contributed by atoms with Crippen LogP contribution in [0, 0.1) is 0 Å². The summed E-state index contributed by atoms with van der Waals surface area (Å²) in [5.41, 5.74) is 3.77. The zero-order chi connectivity index (χ0) is 15.3. The van der Waals surface area contributed by atoms with E-state index in [0.29, 0.717) is 11.6 Å². The lowest BCUT2D eigenvalue weighted by atomic mass is 10.1. The lowest BCUT2D eigenvalue weighted by molar-refractivity contribution is -0.368. The van der Waals surface area contributed by atoms with Crippen molar-refractivity contribution in [3.8, 4) is 0 Å². The molecule has 2 aromatic rings. The van der Waals surface area contributed by atoms with Crippen LogP contribution in [0.3, 0.4) is 0 Å². The Kier molecular flexibility index (Phi) is 7.59. The van der Waals surface area contributed by atoms with Gasteiger partial charge in [-0.1, -0.05) is 29.8 Å². The second-order valence-corrected chi connectivity index (χ2v) is 7.11. The number of quaternary nitrogens is 1. The van der Waals surface area contributed by atoms with Gasteiger partial charge in [-0.2, -0.15) is 0 Å². The molecule has 0 aliphatic carbocycles. The van der Waals surface area contributed by atoms with Crippen molar-refractivity contribution in [3.63, 3.8) is 0 Å². The first-order valence-electron chi connectivity index (χ1n) is 7.02. The fourth-order valence-corrected chi connectivity index (χ4v) is 3.51. The summed E-state index contributed by atoms with van der Waals surface area (Å²) < 4.78 is 27.1. The molecule has 0 fully saturated rings. The third-order valence-electron chi connectivity index (χ3n) is 3.33. The summed E-state index contributed by atoms with van der Waals surface area (Å²) in [5, 5.41) is 2.30. The van der Waals surface area contributed by atoms with Crippen LogP contribution >= 0.6 is 11.6 Å². The highest BCUT2D eigenvalue weighted by atomic mass is 35.5. The van der Waals surface area contributed by atoms with E-state index in [1.54, 1.807) is 24.3 Å². The molecule has 0 aliphatic rings. The molecule has 122 valence electrons. The highest BCUT2D eigenvalue weighted by Gasteiger charge is 2.14. The molecule has 4 nitrogen and oxygen atoms in total. The van der Waals surface area contributed by atoms with Crippen LogP contribution in [-0.2, 0) is 10.0 Å². The lowest BCUT2D eigenvalue weighted by Crippen LogP contribution is -3.00. The monoisotopic (exact) mass is 362 g/mol. The second-order valence-electron chi connectivity index (χ2n) is 4.93. The molecule has 0 amide bonds. The van der Waals surface area contributed by atoms with Gasteiger partial charge in [-0.15, -0.1) is 0 Å². The second kappa shape index (κ2) is 8.70. The fourth-order valence-electron chi connectivity index (χ4n) is 2.16. The van der Waals surface area contributed by atoms with Crippen molar-refractivity contribution in [1.82, 2.24) is 4.72 Å². The molecule has 0 saturated carbocycles. The first-order valence-corrected chi connectivity index (χ1v) is 8.88. The van der Waals surface area contributed by atoms with Crippen molar-refractivity contribution in [1.29, 1.82) is 0 Å². The quantitative estimate of drug-likeness (QED) is 0.632. The van der Waals surface area contributed by atoms with E-state index in [9.17, 15) is 8.42 Å². The average molecular weight is 363 g/mol. The van der Waals surface area contributed by atoms with Gasteiger partial charge in [0.15, 0.2) is 0 Å². The standard InChI is InChI=1S/C15H19ClN2O2S.ClH/c16-15-6-4-5-12-11-13(7-8-14(12)15)21(19,20)18-10-3-1-2-9-17;/h4-8,11,18H,1-3,9-10,17H2;1H. The van der Waals surface area contributed by atoms with Crippen molar-refractivity contribution >= 4 is 32.4 Å². The normalized spacial score (nSPS) is 11.4. The Morgan fingerprint density at radius 2 is 1.86 bits per heavy atom. The van der Waals surface area contributed by atoms with Gasteiger partial charge in [-0.25, -0.2) is 13.1 Å². The third-order valence-corrected chi connectivity index (χ3v) is 5.12. The van der Waals surface area contributed by atoms with Crippen LogP contribution in [-0.4, -0.2) is 21.5 Å². The van der Waals surface area contributed by atoms with Crippen LogP contribution in [0.15, 0.2) is 41.3 Å². The average Bonchev–Trinajstić information content (AvgIpc) is 2.47. The molecule has 2 aromatic carbocycles. The van der Waals surface area contributed by atoms with E-state index in [4.69, 9.17) is 11.6 Å². The summed E-state index contributed by atoms with van der Waals surface area (Å²) >= 11 is 6.09. The van der Waals surface area contributed by atoms with Crippen molar-refractivity contribution in [2.24, 2.45) is 0 Å². The van der Waals surface area contributed by atoms with E-state index in [0.717, 1.165) is 36.6 Å². The summed E-state index contributed by atoms with van der Waals surface area (Å²) in [6.07, 6.45) is 2.84. The number of benzene rings is 2. The number of fused-ring (bicyclic) bond motifs is 1. The molecule has 4 N–H and O–H groups in total. The van der Waals surface area contributed by atoms with E-state index >= 15 is 0 Å². The summed E-state index contributed by atoms with van der Waals surface area (Å²) in [6.45, 7) is 1.34. The lowest BCUT2D eigenvalue weighted by Gasteiger charge is -2.08. The maximum Gasteiger partial charge on any atom is 0.240 e. The Morgan fingerprint density at radius 3 is 2.59 bits per heavy atom. The number of hydrogen-bond acceptors (Lipinski definition) is 2. The minimum Gasteiger partial charge on any atom is -1.00 e. The van der Waals surface area contributed by atoms with E-state index in [1.807, 2.05) is 12.1 Å². The first-order chi connectivity index (χ1) is 10.0. The van der Waals surface area contributed by atoms with Crippen molar-refractivity contribution in [3.05, 3.63) is 41.4 Å². The van der Waals surface area contributed by atoms with Crippen LogP contribution in [0.5, 0.6) is 0 Å². The van der Waals surface area contributed by atoms with Crippen LogP contribution < -0.4 is 22.9 Å². The summed E-state index contributed by atoms with van der Waals surface area (Å²) in [7, 11) is -3.46. The molecule has 0 saturated heterocycles. The number of sulfonamides is 1. The Balaban J connectivity index is 0.00000242. The topological polar surface area (TPSA) is 73.8 Å². The van der Waals surface area contributed by atoms with E-state index < -0.39 is 10.0 Å². The van der Waals surface area contributed by atoms with E-state index in [2.05, 4.69) is 10.5 Å². The Bertz CT molecular complexity index is 721. The number of halogens is 2. The van der Waals surface area contributed by atoms with Gasteiger partial charge in [0, 0.05) is 17.0 Å². The maximum atomic E-state index is 12.2. The molecule has 0 heterocycles. The van der Waals surface area contributed by atoms with Crippen molar-refractivity contribution in [2.45, 2.75) is 24.2 Å². The first kappa shape index (κ1) is 19.2. The van der Waals surface area contributed by atoms with Crippen LogP contribution in [0.2, 0.25) is 5.02 Å². The number of hydrogen-bond donors (Lipinski definition) is 2. The highest BCUT2D eigenvalue weighted by molar-refractivity contribution is 7.89. The zero-order valence-corrected chi connectivity index (χ0v) is 14.5. The Hall–Kier alpha value is -0.850. The molecule has 0 aromatic heterocycles. The Labute approximate surface area is 142 Å². The molecular weight excluding hydrogens is 343 g/mol. The minimum absolute atomic E-state index is 0. The van der Waals surface area contributed by atoms with Gasteiger partial charge in [0.2, 0.25) is 10.0 Å². The molecule has 0 unspecified atom stereocenters. The van der Waals surface area contributed by atoms with Gasteiger partial charge in [0.25, 0.3) is 0 Å². The molecule has 0 atom stereocenters. The van der Waals surface area contributed by atoms with E-state index in [-0.39, 0.29) is 17.3 Å². The van der Waals surface area contributed by atoms with Gasteiger partial charge in [-0.05, 0) is 42.8 Å². The van der Waals surface area contributed by atoms with E-state index in [1.165, 1.54) is 0 Å². The smallest absolute Gasteiger partial charge is 0.240 e. The predicted octanol–water partition coefficient (Wildman–Crippen LogP) is -0.812. The largest absolute Gasteiger partial charge is 1.00 e. The molecule has 7 heteroatoms. The summed E-state index contributed by atoms with van der Waals surface area (Å²) in [5.74, 6) is 0. The summed E-state index contributed by atoms with van der Waals surface area (Å²) in [4.78, 5) is 0.273.